The van der Waals surface area contributed by atoms with Crippen molar-refractivity contribution in [2.75, 3.05) is 33.4 Å². The molecule has 0 saturated carbocycles. The van der Waals surface area contributed by atoms with E-state index in [4.69, 9.17) is 16.3 Å². The van der Waals surface area contributed by atoms with Gasteiger partial charge in [-0.1, -0.05) is 48.9 Å². The molecule has 0 bridgehead atoms. The Morgan fingerprint density at radius 3 is 2.64 bits per heavy atom. The quantitative estimate of drug-likeness (QED) is 0.591. The summed E-state index contributed by atoms with van der Waals surface area (Å²) in [6.07, 6.45) is 1.12. The molecule has 1 aliphatic rings. The first-order valence-electron chi connectivity index (χ1n) is 10.9. The SMILES string of the molecule is CCCNC(=O)N(CCOC)CC(=O)N1N=C(c2ccccc2F)C[C@@H]1c1ccc(Cl)cc1. The van der Waals surface area contributed by atoms with Crippen LogP contribution in [0.1, 0.15) is 36.9 Å². The molecule has 3 amide bonds. The van der Waals surface area contributed by atoms with E-state index in [9.17, 15) is 14.0 Å². The zero-order valence-electron chi connectivity index (χ0n) is 18.8. The van der Waals surface area contributed by atoms with Gasteiger partial charge in [-0.15, -0.1) is 0 Å². The molecule has 0 spiro atoms. The molecule has 1 aliphatic heterocycles. The molecule has 0 saturated heterocycles. The number of benzene rings is 2. The highest BCUT2D eigenvalue weighted by molar-refractivity contribution is 6.30. The first-order chi connectivity index (χ1) is 15.9. The van der Waals surface area contributed by atoms with Crippen molar-refractivity contribution in [2.45, 2.75) is 25.8 Å². The van der Waals surface area contributed by atoms with Gasteiger partial charge in [-0.3, -0.25) is 4.79 Å². The molecule has 7 nitrogen and oxygen atoms in total. The van der Waals surface area contributed by atoms with E-state index < -0.39 is 11.9 Å². The maximum atomic E-state index is 14.4. The molecule has 0 aliphatic carbocycles. The lowest BCUT2D eigenvalue weighted by molar-refractivity contribution is -0.133. The lowest BCUT2D eigenvalue weighted by Gasteiger charge is -2.27. The minimum Gasteiger partial charge on any atom is -0.383 e. The Hall–Kier alpha value is -2.97. The van der Waals surface area contributed by atoms with Gasteiger partial charge in [0.1, 0.15) is 12.4 Å². The lowest BCUT2D eigenvalue weighted by atomic mass is 9.98. The van der Waals surface area contributed by atoms with E-state index in [1.54, 1.807) is 30.3 Å². The zero-order chi connectivity index (χ0) is 23.8. The van der Waals surface area contributed by atoms with E-state index in [1.165, 1.54) is 23.1 Å². The smallest absolute Gasteiger partial charge is 0.317 e. The van der Waals surface area contributed by atoms with Crippen molar-refractivity contribution >= 4 is 29.3 Å². The van der Waals surface area contributed by atoms with Crippen molar-refractivity contribution in [2.24, 2.45) is 5.10 Å². The molecule has 3 rings (SSSR count). The fourth-order valence-corrected chi connectivity index (χ4v) is 3.70. The molecule has 9 heteroatoms. The number of carbonyl (C=O) groups is 2. The minimum atomic E-state index is -0.438. The van der Waals surface area contributed by atoms with Gasteiger partial charge in [0.25, 0.3) is 5.91 Å². The third kappa shape index (κ3) is 6.30. The average Bonchev–Trinajstić information content (AvgIpc) is 3.26. The number of hydrogen-bond acceptors (Lipinski definition) is 4. The predicted molar refractivity (Wildman–Crippen MR) is 126 cm³/mol. The largest absolute Gasteiger partial charge is 0.383 e. The fraction of sp³-hybridized carbons (Fsp3) is 0.375. The summed E-state index contributed by atoms with van der Waals surface area (Å²) in [4.78, 5) is 27.3. The molecule has 33 heavy (non-hydrogen) atoms. The molecule has 0 fully saturated rings. The summed E-state index contributed by atoms with van der Waals surface area (Å²) in [5.41, 5.74) is 1.64. The summed E-state index contributed by atoms with van der Waals surface area (Å²) >= 11 is 6.03. The maximum absolute atomic E-state index is 14.4. The molecule has 176 valence electrons. The molecule has 2 aromatic rings. The second-order valence-electron chi connectivity index (χ2n) is 7.68. The van der Waals surface area contributed by atoms with Crippen LogP contribution in [-0.4, -0.2) is 60.9 Å². The van der Waals surface area contributed by atoms with Gasteiger partial charge in [-0.25, -0.2) is 14.2 Å². The monoisotopic (exact) mass is 474 g/mol. The molecule has 2 aromatic carbocycles. The van der Waals surface area contributed by atoms with Crippen LogP contribution in [-0.2, 0) is 9.53 Å². The number of amides is 3. The first kappa shape index (κ1) is 24.7. The van der Waals surface area contributed by atoms with Crippen LogP contribution >= 0.6 is 11.6 Å². The number of carbonyl (C=O) groups excluding carboxylic acids is 2. The molecular formula is C24H28ClFN4O3. The van der Waals surface area contributed by atoms with Crippen LogP contribution in [0.25, 0.3) is 0 Å². The van der Waals surface area contributed by atoms with E-state index in [0.717, 1.165) is 12.0 Å². The number of methoxy groups -OCH3 is 1. The van der Waals surface area contributed by atoms with Crippen molar-refractivity contribution < 1.29 is 18.7 Å². The highest BCUT2D eigenvalue weighted by Crippen LogP contribution is 2.34. The van der Waals surface area contributed by atoms with Crippen molar-refractivity contribution in [3.05, 3.63) is 70.5 Å². The lowest BCUT2D eigenvalue weighted by Crippen LogP contribution is -2.47. The number of hydrogen-bond donors (Lipinski definition) is 1. The second kappa shape index (κ2) is 11.8. The number of nitrogens with zero attached hydrogens (tertiary/aromatic N) is 3. The summed E-state index contributed by atoms with van der Waals surface area (Å²) in [5.74, 6) is -0.773. The molecule has 0 radical (unpaired) electrons. The normalized spacial score (nSPS) is 15.3. The average molecular weight is 475 g/mol. The molecule has 1 atom stereocenters. The highest BCUT2D eigenvalue weighted by Gasteiger charge is 2.35. The van der Waals surface area contributed by atoms with E-state index in [-0.39, 0.29) is 31.6 Å². The topological polar surface area (TPSA) is 74.2 Å². The summed E-state index contributed by atoms with van der Waals surface area (Å²) < 4.78 is 19.5. The van der Waals surface area contributed by atoms with Crippen LogP contribution in [0.2, 0.25) is 5.02 Å². The minimum absolute atomic E-state index is 0.183. The second-order valence-corrected chi connectivity index (χ2v) is 8.12. The Morgan fingerprint density at radius 1 is 1.24 bits per heavy atom. The third-order valence-corrected chi connectivity index (χ3v) is 5.56. The Bertz CT molecular complexity index is 999. The Kier molecular flexibility index (Phi) is 8.79. The number of hydrazone groups is 1. The van der Waals surface area contributed by atoms with Crippen LogP contribution in [0.3, 0.4) is 0 Å². The van der Waals surface area contributed by atoms with Gasteiger partial charge < -0.3 is 15.0 Å². The van der Waals surface area contributed by atoms with Gasteiger partial charge in [-0.2, -0.15) is 5.10 Å². The highest BCUT2D eigenvalue weighted by atomic mass is 35.5. The van der Waals surface area contributed by atoms with Gasteiger partial charge in [0.2, 0.25) is 0 Å². The van der Waals surface area contributed by atoms with Gasteiger partial charge in [0, 0.05) is 37.2 Å². The van der Waals surface area contributed by atoms with Crippen LogP contribution in [0, 0.1) is 5.82 Å². The van der Waals surface area contributed by atoms with E-state index in [2.05, 4.69) is 10.4 Å². The number of nitrogens with one attached hydrogen (secondary N) is 1. The number of rotatable bonds is 9. The predicted octanol–water partition coefficient (Wildman–Crippen LogP) is 4.22. The van der Waals surface area contributed by atoms with E-state index in [0.29, 0.717) is 29.3 Å². The number of halogens is 2. The molecule has 1 N–H and O–H groups in total. The first-order valence-corrected chi connectivity index (χ1v) is 11.2. The standard InChI is InChI=1S/C24H28ClFN4O3/c1-3-12-27-24(32)29(13-14-33-2)16-23(31)30-22(17-8-10-18(25)11-9-17)15-21(28-30)19-6-4-5-7-20(19)26/h4-11,22H,3,12-16H2,1-2H3,(H,27,32)/t22-/m1/s1. The van der Waals surface area contributed by atoms with Gasteiger partial charge >= 0.3 is 6.03 Å². The van der Waals surface area contributed by atoms with E-state index >= 15 is 0 Å². The van der Waals surface area contributed by atoms with Gasteiger partial charge in [0.15, 0.2) is 0 Å². The Morgan fingerprint density at radius 2 is 1.97 bits per heavy atom. The Labute approximate surface area is 198 Å². The van der Waals surface area contributed by atoms with Crippen LogP contribution < -0.4 is 5.32 Å². The van der Waals surface area contributed by atoms with Gasteiger partial charge in [0.05, 0.1) is 18.4 Å². The summed E-state index contributed by atoms with van der Waals surface area (Å²) in [7, 11) is 1.53. The number of ether oxygens (including phenoxy) is 1. The van der Waals surface area contributed by atoms with Crippen molar-refractivity contribution in [1.29, 1.82) is 0 Å². The molecular weight excluding hydrogens is 447 g/mol. The van der Waals surface area contributed by atoms with E-state index in [1.807, 2.05) is 19.1 Å². The maximum Gasteiger partial charge on any atom is 0.317 e. The molecule has 1 heterocycles. The van der Waals surface area contributed by atoms with Crippen molar-refractivity contribution in [3.63, 3.8) is 0 Å². The molecule has 0 aromatic heterocycles. The fourth-order valence-electron chi connectivity index (χ4n) is 3.58. The van der Waals surface area contributed by atoms with Crippen molar-refractivity contribution in [3.8, 4) is 0 Å². The van der Waals surface area contributed by atoms with Crippen LogP contribution in [0.15, 0.2) is 53.6 Å². The Balaban J connectivity index is 1.88. The van der Waals surface area contributed by atoms with Crippen LogP contribution in [0.5, 0.6) is 0 Å². The number of urea groups is 1. The summed E-state index contributed by atoms with van der Waals surface area (Å²) in [6.45, 7) is 2.81. The molecule has 0 unspecified atom stereocenters. The van der Waals surface area contributed by atoms with Crippen molar-refractivity contribution in [1.82, 2.24) is 15.2 Å². The van der Waals surface area contributed by atoms with Gasteiger partial charge in [-0.05, 0) is 30.2 Å². The zero-order valence-corrected chi connectivity index (χ0v) is 19.5. The third-order valence-electron chi connectivity index (χ3n) is 5.31. The van der Waals surface area contributed by atoms with Crippen LogP contribution in [0.4, 0.5) is 9.18 Å². The summed E-state index contributed by atoms with van der Waals surface area (Å²) in [5, 5.41) is 9.20. The summed E-state index contributed by atoms with van der Waals surface area (Å²) in [6, 6.07) is 12.7.